The van der Waals surface area contributed by atoms with E-state index in [1.165, 1.54) is 29.6 Å². The number of aryl methyl sites for hydroxylation is 1. The van der Waals surface area contributed by atoms with Crippen molar-refractivity contribution in [1.82, 2.24) is 4.31 Å². The highest BCUT2D eigenvalue weighted by molar-refractivity contribution is 7.89. The number of hydrogen-bond acceptors (Lipinski definition) is 6. The molecular formula is C19H22N2O6S. The van der Waals surface area contributed by atoms with E-state index >= 15 is 0 Å². The molecule has 150 valence electrons. The van der Waals surface area contributed by atoms with E-state index in [1.54, 1.807) is 19.1 Å². The molecule has 0 saturated carbocycles. The molecule has 2 aromatic rings. The summed E-state index contributed by atoms with van der Waals surface area (Å²) in [5.74, 6) is -1.26. The van der Waals surface area contributed by atoms with Gasteiger partial charge in [0.1, 0.15) is 0 Å². The number of carbonyl (C=O) groups excluding carboxylic acids is 2. The standard InChI is InChI=1S/C19H22N2O6S/c1-13-6-7-14(19(23)26-2)12-15(13)20-18(22)16-8-9-17(27-16)28(24,25)21-10-4-3-5-11-21/h6-9,12H,3-5,10-11H2,1-2H3,(H,20,22). The highest BCUT2D eigenvalue weighted by Gasteiger charge is 2.29. The number of nitrogens with zero attached hydrogens (tertiary/aromatic N) is 1. The first-order valence-corrected chi connectivity index (χ1v) is 10.4. The van der Waals surface area contributed by atoms with Crippen molar-refractivity contribution in [3.8, 4) is 0 Å². The fourth-order valence-electron chi connectivity index (χ4n) is 3.00. The highest BCUT2D eigenvalue weighted by atomic mass is 32.2. The van der Waals surface area contributed by atoms with Gasteiger partial charge in [0.05, 0.1) is 12.7 Å². The minimum atomic E-state index is -3.75. The molecule has 9 heteroatoms. The Balaban J connectivity index is 1.79. The highest BCUT2D eigenvalue weighted by Crippen LogP contribution is 2.24. The monoisotopic (exact) mass is 406 g/mol. The van der Waals surface area contributed by atoms with Crippen molar-refractivity contribution in [3.05, 3.63) is 47.2 Å². The summed E-state index contributed by atoms with van der Waals surface area (Å²) >= 11 is 0. The van der Waals surface area contributed by atoms with Gasteiger partial charge in [-0.25, -0.2) is 13.2 Å². The van der Waals surface area contributed by atoms with Crippen molar-refractivity contribution in [3.63, 3.8) is 0 Å². The third kappa shape index (κ3) is 4.10. The fraction of sp³-hybridized carbons (Fsp3) is 0.368. The SMILES string of the molecule is COC(=O)c1ccc(C)c(NC(=O)c2ccc(S(=O)(=O)N3CCCCC3)o2)c1. The molecule has 0 radical (unpaired) electrons. The number of rotatable bonds is 5. The number of benzene rings is 1. The topological polar surface area (TPSA) is 106 Å². The van der Waals surface area contributed by atoms with Crippen molar-refractivity contribution >= 4 is 27.6 Å². The summed E-state index contributed by atoms with van der Waals surface area (Å²) in [6.07, 6.45) is 2.62. The minimum Gasteiger partial charge on any atom is -0.465 e. The smallest absolute Gasteiger partial charge is 0.337 e. The maximum Gasteiger partial charge on any atom is 0.337 e. The maximum atomic E-state index is 12.6. The number of amides is 1. The molecule has 1 amide bonds. The van der Waals surface area contributed by atoms with E-state index in [4.69, 9.17) is 4.42 Å². The van der Waals surface area contributed by atoms with Gasteiger partial charge in [0.25, 0.3) is 15.9 Å². The lowest BCUT2D eigenvalue weighted by atomic mass is 10.1. The molecule has 0 aliphatic carbocycles. The maximum absolute atomic E-state index is 12.6. The molecule has 1 fully saturated rings. The largest absolute Gasteiger partial charge is 0.465 e. The normalized spacial score (nSPS) is 15.2. The molecule has 2 heterocycles. The molecule has 1 saturated heterocycles. The molecule has 0 spiro atoms. The molecule has 1 aliphatic rings. The van der Waals surface area contributed by atoms with Crippen molar-refractivity contribution in [2.75, 3.05) is 25.5 Å². The van der Waals surface area contributed by atoms with Gasteiger partial charge in [0.15, 0.2) is 5.76 Å². The van der Waals surface area contributed by atoms with Crippen LogP contribution in [-0.2, 0) is 14.8 Å². The Morgan fingerprint density at radius 3 is 2.50 bits per heavy atom. The zero-order valence-electron chi connectivity index (χ0n) is 15.7. The first kappa shape index (κ1) is 20.1. The molecule has 8 nitrogen and oxygen atoms in total. The number of ether oxygens (including phenoxy) is 1. The van der Waals surface area contributed by atoms with E-state index in [9.17, 15) is 18.0 Å². The molecule has 1 aromatic carbocycles. The van der Waals surface area contributed by atoms with Crippen molar-refractivity contribution in [2.45, 2.75) is 31.3 Å². The molecule has 1 aromatic heterocycles. The van der Waals surface area contributed by atoms with Gasteiger partial charge in [0.2, 0.25) is 5.09 Å². The number of esters is 1. The molecule has 0 unspecified atom stereocenters. The van der Waals surface area contributed by atoms with Crippen LogP contribution in [-0.4, -0.2) is 44.8 Å². The van der Waals surface area contributed by atoms with Crippen molar-refractivity contribution in [1.29, 1.82) is 0 Å². The van der Waals surface area contributed by atoms with Crippen LogP contribution >= 0.6 is 0 Å². The van der Waals surface area contributed by atoms with Crippen LogP contribution in [0.3, 0.4) is 0 Å². The van der Waals surface area contributed by atoms with Gasteiger partial charge < -0.3 is 14.5 Å². The summed E-state index contributed by atoms with van der Waals surface area (Å²) < 4.78 is 36.7. The summed E-state index contributed by atoms with van der Waals surface area (Å²) in [4.78, 5) is 24.2. The van der Waals surface area contributed by atoms with Gasteiger partial charge in [-0.05, 0) is 49.6 Å². The molecule has 3 rings (SSSR count). The Morgan fingerprint density at radius 1 is 1.11 bits per heavy atom. The number of hydrogen-bond donors (Lipinski definition) is 1. The second kappa shape index (κ2) is 8.15. The van der Waals surface area contributed by atoms with Crippen LogP contribution in [0.15, 0.2) is 39.8 Å². The first-order chi connectivity index (χ1) is 13.3. The number of anilines is 1. The van der Waals surface area contributed by atoms with Crippen LogP contribution in [0.1, 0.15) is 45.7 Å². The second-order valence-corrected chi connectivity index (χ2v) is 8.43. The Morgan fingerprint density at radius 2 is 1.82 bits per heavy atom. The van der Waals surface area contributed by atoms with Crippen molar-refractivity contribution in [2.24, 2.45) is 0 Å². The lowest BCUT2D eigenvalue weighted by molar-refractivity contribution is 0.0600. The third-order valence-corrected chi connectivity index (χ3v) is 6.39. The predicted molar refractivity (Wildman–Crippen MR) is 102 cm³/mol. The van der Waals surface area contributed by atoms with E-state index in [1.807, 2.05) is 0 Å². The van der Waals surface area contributed by atoms with Crippen LogP contribution in [0.4, 0.5) is 5.69 Å². The summed E-state index contributed by atoms with van der Waals surface area (Å²) in [6.45, 7) is 2.67. The van der Waals surface area contributed by atoms with Gasteiger partial charge in [0, 0.05) is 18.8 Å². The number of piperidine rings is 1. The lowest BCUT2D eigenvalue weighted by Gasteiger charge is -2.24. The number of methoxy groups -OCH3 is 1. The number of sulfonamides is 1. The van der Waals surface area contributed by atoms with Crippen molar-refractivity contribution < 1.29 is 27.2 Å². The summed E-state index contributed by atoms with van der Waals surface area (Å²) in [5.41, 5.74) is 1.43. The average Bonchev–Trinajstić information content (AvgIpc) is 3.21. The summed E-state index contributed by atoms with van der Waals surface area (Å²) in [7, 11) is -2.48. The van der Waals surface area contributed by atoms with Gasteiger partial charge >= 0.3 is 5.97 Å². The van der Waals surface area contributed by atoms with Crippen LogP contribution in [0.2, 0.25) is 0 Å². The van der Waals surface area contributed by atoms with Gasteiger partial charge in [-0.2, -0.15) is 4.31 Å². The Kier molecular flexibility index (Phi) is 5.85. The molecular weight excluding hydrogens is 384 g/mol. The van der Waals surface area contributed by atoms with E-state index in [0.717, 1.165) is 24.8 Å². The number of carbonyl (C=O) groups is 2. The zero-order chi connectivity index (χ0) is 20.3. The molecule has 0 atom stereocenters. The molecule has 0 bridgehead atoms. The molecule has 1 aliphatic heterocycles. The lowest BCUT2D eigenvalue weighted by Crippen LogP contribution is -2.35. The van der Waals surface area contributed by atoms with E-state index in [-0.39, 0.29) is 16.4 Å². The van der Waals surface area contributed by atoms with Crippen LogP contribution in [0.25, 0.3) is 0 Å². The summed E-state index contributed by atoms with van der Waals surface area (Å²) in [5, 5.41) is 2.39. The van der Waals surface area contributed by atoms with Gasteiger partial charge in [-0.15, -0.1) is 0 Å². The van der Waals surface area contributed by atoms with Gasteiger partial charge in [-0.3, -0.25) is 4.79 Å². The number of nitrogens with one attached hydrogen (secondary N) is 1. The predicted octanol–water partition coefficient (Wildman–Crippen LogP) is 2.80. The zero-order valence-corrected chi connectivity index (χ0v) is 16.5. The van der Waals surface area contributed by atoms with Gasteiger partial charge in [-0.1, -0.05) is 12.5 Å². The van der Waals surface area contributed by atoms with Crippen LogP contribution in [0.5, 0.6) is 0 Å². The van der Waals surface area contributed by atoms with Crippen LogP contribution < -0.4 is 5.32 Å². The first-order valence-electron chi connectivity index (χ1n) is 8.93. The quantitative estimate of drug-likeness (QED) is 0.766. The molecule has 28 heavy (non-hydrogen) atoms. The average molecular weight is 406 g/mol. The Labute approximate surface area is 163 Å². The Hall–Kier alpha value is -2.65. The van der Waals surface area contributed by atoms with E-state index < -0.39 is 21.9 Å². The third-order valence-electron chi connectivity index (χ3n) is 4.62. The fourth-order valence-corrected chi connectivity index (χ4v) is 4.43. The van der Waals surface area contributed by atoms with E-state index in [0.29, 0.717) is 18.8 Å². The summed E-state index contributed by atoms with van der Waals surface area (Å²) in [6, 6.07) is 7.37. The van der Waals surface area contributed by atoms with E-state index in [2.05, 4.69) is 10.1 Å². The molecule has 1 N–H and O–H groups in total. The second-order valence-electron chi connectivity index (χ2n) is 6.56. The Bertz CT molecular complexity index is 990. The van der Waals surface area contributed by atoms with Crippen LogP contribution in [0, 0.1) is 6.92 Å². The number of furan rings is 1. The minimum absolute atomic E-state index is 0.126.